The van der Waals surface area contributed by atoms with Gasteiger partial charge in [0, 0.05) is 5.56 Å². The number of aryl methyl sites for hydroxylation is 1. The second-order valence-corrected chi connectivity index (χ2v) is 4.51. The number of nitrogens with zero attached hydrogens (tertiary/aromatic N) is 4. The summed E-state index contributed by atoms with van der Waals surface area (Å²) in [5, 5.41) is 12.1. The highest BCUT2D eigenvalue weighted by molar-refractivity contribution is 5.57. The van der Waals surface area contributed by atoms with Crippen molar-refractivity contribution in [3.63, 3.8) is 0 Å². The van der Waals surface area contributed by atoms with E-state index < -0.39 is 0 Å². The van der Waals surface area contributed by atoms with E-state index in [1.165, 1.54) is 5.56 Å². The van der Waals surface area contributed by atoms with Crippen molar-refractivity contribution in [1.82, 2.24) is 20.0 Å². The first-order chi connectivity index (χ1) is 6.50. The van der Waals surface area contributed by atoms with E-state index in [-0.39, 0.29) is 5.41 Å². The van der Waals surface area contributed by atoms with Gasteiger partial charge < -0.3 is 0 Å². The van der Waals surface area contributed by atoms with Crippen LogP contribution in [0.4, 0.5) is 0 Å². The first-order valence-electron chi connectivity index (χ1n) is 4.68. The molecule has 0 atom stereocenters. The minimum Gasteiger partial charge on any atom is -0.154 e. The summed E-state index contributed by atoms with van der Waals surface area (Å²) < 4.78 is 1.59. The molecule has 0 N–H and O–H groups in total. The van der Waals surface area contributed by atoms with Crippen LogP contribution in [-0.2, 0) is 5.41 Å². The molecule has 0 spiro atoms. The first kappa shape index (κ1) is 9.12. The SMILES string of the molecule is Cc1nn2nnccc2c1C(C)(C)C. The van der Waals surface area contributed by atoms with Crippen molar-refractivity contribution in [3.8, 4) is 0 Å². The van der Waals surface area contributed by atoms with E-state index in [0.717, 1.165) is 11.2 Å². The maximum Gasteiger partial charge on any atom is 0.0946 e. The summed E-state index contributed by atoms with van der Waals surface area (Å²) in [5.41, 5.74) is 3.41. The summed E-state index contributed by atoms with van der Waals surface area (Å²) in [6.07, 6.45) is 1.70. The third-order valence-corrected chi connectivity index (χ3v) is 2.26. The molecule has 4 heteroatoms. The van der Waals surface area contributed by atoms with Crippen LogP contribution in [0.15, 0.2) is 12.3 Å². The third kappa shape index (κ3) is 1.27. The van der Waals surface area contributed by atoms with E-state index in [9.17, 15) is 0 Å². The maximum absolute atomic E-state index is 4.32. The lowest BCUT2D eigenvalue weighted by molar-refractivity contribution is 0.591. The standard InChI is InChI=1S/C10H14N4/c1-7-9(10(2,3)4)8-5-6-11-13-14(8)12-7/h5-6H,1-4H3. The van der Waals surface area contributed by atoms with Crippen LogP contribution in [0.5, 0.6) is 0 Å². The van der Waals surface area contributed by atoms with E-state index in [1.54, 1.807) is 10.8 Å². The van der Waals surface area contributed by atoms with Crippen LogP contribution >= 0.6 is 0 Å². The molecule has 0 aromatic carbocycles. The van der Waals surface area contributed by atoms with Gasteiger partial charge in [0.05, 0.1) is 17.4 Å². The summed E-state index contributed by atoms with van der Waals surface area (Å²) in [7, 11) is 0. The highest BCUT2D eigenvalue weighted by Crippen LogP contribution is 2.28. The molecule has 0 unspecified atom stereocenters. The first-order valence-corrected chi connectivity index (χ1v) is 4.68. The minimum atomic E-state index is 0.0921. The van der Waals surface area contributed by atoms with Crippen molar-refractivity contribution in [2.24, 2.45) is 0 Å². The van der Waals surface area contributed by atoms with Crippen LogP contribution in [0.2, 0.25) is 0 Å². The number of hydrogen-bond donors (Lipinski definition) is 0. The molecule has 0 amide bonds. The van der Waals surface area contributed by atoms with Gasteiger partial charge in [0.1, 0.15) is 0 Å². The van der Waals surface area contributed by atoms with Gasteiger partial charge in [-0.25, -0.2) is 0 Å². The van der Waals surface area contributed by atoms with Gasteiger partial charge in [0.15, 0.2) is 0 Å². The van der Waals surface area contributed by atoms with E-state index in [2.05, 4.69) is 36.2 Å². The molecule has 2 heterocycles. The Morgan fingerprint density at radius 1 is 1.29 bits per heavy atom. The van der Waals surface area contributed by atoms with Crippen molar-refractivity contribution in [2.75, 3.05) is 0 Å². The largest absolute Gasteiger partial charge is 0.154 e. The summed E-state index contributed by atoms with van der Waals surface area (Å²) in [4.78, 5) is 0. The fourth-order valence-electron chi connectivity index (χ4n) is 1.86. The van der Waals surface area contributed by atoms with Crippen LogP contribution in [0, 0.1) is 6.92 Å². The van der Waals surface area contributed by atoms with E-state index in [1.807, 2.05) is 13.0 Å². The number of fused-ring (bicyclic) bond motifs is 1. The van der Waals surface area contributed by atoms with Crippen LogP contribution in [0.3, 0.4) is 0 Å². The minimum absolute atomic E-state index is 0.0921. The van der Waals surface area contributed by atoms with Gasteiger partial charge in [-0.2, -0.15) is 5.10 Å². The predicted octanol–water partition coefficient (Wildman–Crippen LogP) is 1.73. The lowest BCUT2D eigenvalue weighted by atomic mass is 9.86. The molecule has 14 heavy (non-hydrogen) atoms. The molecule has 2 rings (SSSR count). The molecule has 4 nitrogen and oxygen atoms in total. The molecule has 2 aromatic rings. The van der Waals surface area contributed by atoms with Gasteiger partial charge in [-0.15, -0.1) is 9.73 Å². The van der Waals surface area contributed by atoms with E-state index in [4.69, 9.17) is 0 Å². The Bertz CT molecular complexity index is 464. The summed E-state index contributed by atoms with van der Waals surface area (Å²) in [6.45, 7) is 8.54. The molecule has 0 saturated carbocycles. The summed E-state index contributed by atoms with van der Waals surface area (Å²) in [5.74, 6) is 0. The number of hydrogen-bond acceptors (Lipinski definition) is 3. The molecule has 0 fully saturated rings. The van der Waals surface area contributed by atoms with Crippen molar-refractivity contribution in [3.05, 3.63) is 23.5 Å². The Labute approximate surface area is 82.9 Å². The second kappa shape index (κ2) is 2.77. The maximum atomic E-state index is 4.32. The molecule has 0 radical (unpaired) electrons. The predicted molar refractivity (Wildman–Crippen MR) is 54.2 cm³/mol. The molecule has 0 aliphatic carbocycles. The van der Waals surface area contributed by atoms with Gasteiger partial charge in [-0.3, -0.25) is 0 Å². The monoisotopic (exact) mass is 190 g/mol. The fourth-order valence-corrected chi connectivity index (χ4v) is 1.86. The molecular weight excluding hydrogens is 176 g/mol. The number of aromatic nitrogens is 4. The van der Waals surface area contributed by atoms with Crippen LogP contribution in [-0.4, -0.2) is 20.0 Å². The van der Waals surface area contributed by atoms with E-state index >= 15 is 0 Å². The Balaban J connectivity index is 2.81. The molecule has 0 bridgehead atoms. The lowest BCUT2D eigenvalue weighted by Gasteiger charge is -2.17. The van der Waals surface area contributed by atoms with Crippen molar-refractivity contribution >= 4 is 5.52 Å². The topological polar surface area (TPSA) is 43.1 Å². The average Bonchev–Trinajstić information content (AvgIpc) is 2.38. The van der Waals surface area contributed by atoms with Crippen molar-refractivity contribution < 1.29 is 0 Å². The Morgan fingerprint density at radius 2 is 2.00 bits per heavy atom. The Kier molecular flexibility index (Phi) is 1.80. The van der Waals surface area contributed by atoms with E-state index in [0.29, 0.717) is 0 Å². The molecule has 0 aliphatic rings. The molecule has 0 saturated heterocycles. The van der Waals surface area contributed by atoms with Gasteiger partial charge in [0.2, 0.25) is 0 Å². The summed E-state index contributed by atoms with van der Waals surface area (Å²) in [6, 6.07) is 1.95. The Hall–Kier alpha value is -1.45. The highest BCUT2D eigenvalue weighted by atomic mass is 15.5. The smallest absolute Gasteiger partial charge is 0.0946 e. The quantitative estimate of drug-likeness (QED) is 0.635. The van der Waals surface area contributed by atoms with Crippen LogP contribution < -0.4 is 0 Å². The molecular formula is C10H14N4. The second-order valence-electron chi connectivity index (χ2n) is 4.51. The zero-order chi connectivity index (χ0) is 10.3. The highest BCUT2D eigenvalue weighted by Gasteiger charge is 2.22. The van der Waals surface area contributed by atoms with Gasteiger partial charge in [-0.1, -0.05) is 20.8 Å². The molecule has 0 aliphatic heterocycles. The molecule has 2 aromatic heterocycles. The van der Waals surface area contributed by atoms with Gasteiger partial charge in [-0.05, 0) is 23.6 Å². The van der Waals surface area contributed by atoms with Crippen molar-refractivity contribution in [2.45, 2.75) is 33.1 Å². The Morgan fingerprint density at radius 3 is 2.64 bits per heavy atom. The van der Waals surface area contributed by atoms with Crippen molar-refractivity contribution in [1.29, 1.82) is 0 Å². The average molecular weight is 190 g/mol. The zero-order valence-corrected chi connectivity index (χ0v) is 8.94. The fraction of sp³-hybridized carbons (Fsp3) is 0.500. The normalized spacial score (nSPS) is 12.3. The third-order valence-electron chi connectivity index (χ3n) is 2.26. The zero-order valence-electron chi connectivity index (χ0n) is 8.94. The van der Waals surface area contributed by atoms with Crippen LogP contribution in [0.25, 0.3) is 5.52 Å². The summed E-state index contributed by atoms with van der Waals surface area (Å²) >= 11 is 0. The number of rotatable bonds is 0. The van der Waals surface area contributed by atoms with Crippen LogP contribution in [0.1, 0.15) is 32.0 Å². The molecule has 74 valence electrons. The van der Waals surface area contributed by atoms with Gasteiger partial charge in [0.25, 0.3) is 0 Å². The van der Waals surface area contributed by atoms with Gasteiger partial charge >= 0.3 is 0 Å². The lowest BCUT2D eigenvalue weighted by Crippen LogP contribution is -2.12.